The Morgan fingerprint density at radius 3 is 2.68 bits per heavy atom. The Balaban J connectivity index is 1.63. The maximum atomic E-state index is 13.9. The molecule has 7 nitrogen and oxygen atoms in total. The van der Waals surface area contributed by atoms with Gasteiger partial charge in [-0.3, -0.25) is 0 Å². The molecule has 0 saturated carbocycles. The second kappa shape index (κ2) is 7.96. The molecule has 25 heavy (non-hydrogen) atoms. The number of nitrogens with zero attached hydrogens (tertiary/aromatic N) is 5. The van der Waals surface area contributed by atoms with Gasteiger partial charge in [-0.15, -0.1) is 0 Å². The van der Waals surface area contributed by atoms with Crippen molar-refractivity contribution >= 4 is 11.6 Å². The zero-order chi connectivity index (χ0) is 17.6. The van der Waals surface area contributed by atoms with Crippen molar-refractivity contribution in [2.75, 3.05) is 37.6 Å². The summed E-state index contributed by atoms with van der Waals surface area (Å²) in [5.41, 5.74) is 0.659. The molecule has 1 aliphatic rings. The van der Waals surface area contributed by atoms with Gasteiger partial charge < -0.3 is 19.6 Å². The van der Waals surface area contributed by atoms with Gasteiger partial charge in [0, 0.05) is 39.6 Å². The molecule has 0 spiro atoms. The van der Waals surface area contributed by atoms with Gasteiger partial charge in [-0.2, -0.15) is 4.98 Å². The lowest BCUT2D eigenvalue weighted by atomic mass is 10.2. The molecule has 2 heterocycles. The molecule has 1 fully saturated rings. The average molecular weight is 346 g/mol. The first-order valence-electron chi connectivity index (χ1n) is 8.49. The Kier molecular flexibility index (Phi) is 5.47. The summed E-state index contributed by atoms with van der Waals surface area (Å²) in [6.45, 7) is 7.96. The summed E-state index contributed by atoms with van der Waals surface area (Å²) in [5.74, 6) is 1.74. The van der Waals surface area contributed by atoms with Crippen LogP contribution in [0.25, 0.3) is 0 Å². The maximum Gasteiger partial charge on any atom is 0.223 e. The summed E-state index contributed by atoms with van der Waals surface area (Å²) in [7, 11) is 0. The van der Waals surface area contributed by atoms with Gasteiger partial charge in [-0.05, 0) is 19.1 Å². The van der Waals surface area contributed by atoms with E-state index < -0.39 is 0 Å². The lowest BCUT2D eigenvalue weighted by Gasteiger charge is -2.37. The van der Waals surface area contributed by atoms with Gasteiger partial charge in [0.2, 0.25) is 5.89 Å². The lowest BCUT2D eigenvalue weighted by Crippen LogP contribution is -2.52. The molecule has 134 valence electrons. The highest BCUT2D eigenvalue weighted by molar-refractivity contribution is 5.80. The molecule has 1 N–H and O–H groups in total. The third kappa shape index (κ3) is 4.26. The van der Waals surface area contributed by atoms with Crippen LogP contribution < -0.4 is 10.2 Å². The number of aromatic nitrogens is 2. The fourth-order valence-corrected chi connectivity index (χ4v) is 2.84. The Hall–Kier alpha value is -2.64. The first kappa shape index (κ1) is 17.2. The van der Waals surface area contributed by atoms with Crippen LogP contribution in [-0.4, -0.2) is 53.7 Å². The van der Waals surface area contributed by atoms with E-state index in [4.69, 9.17) is 4.52 Å². The second-order valence-corrected chi connectivity index (χ2v) is 5.83. The van der Waals surface area contributed by atoms with E-state index in [1.165, 1.54) is 6.07 Å². The molecule has 1 aromatic carbocycles. The van der Waals surface area contributed by atoms with Crippen LogP contribution in [0.2, 0.25) is 0 Å². The van der Waals surface area contributed by atoms with Crippen molar-refractivity contribution in [2.45, 2.75) is 20.4 Å². The molecule has 1 aromatic heterocycles. The molecule has 2 aromatic rings. The average Bonchev–Trinajstić information content (AvgIpc) is 3.05. The van der Waals surface area contributed by atoms with Crippen molar-refractivity contribution in [1.29, 1.82) is 0 Å². The molecule has 0 radical (unpaired) electrons. The number of piperazine rings is 1. The van der Waals surface area contributed by atoms with E-state index >= 15 is 0 Å². The maximum absolute atomic E-state index is 13.9. The molecule has 1 aliphatic heterocycles. The quantitative estimate of drug-likeness (QED) is 0.673. The Morgan fingerprint density at radius 1 is 1.28 bits per heavy atom. The number of aryl methyl sites for hydroxylation is 1. The van der Waals surface area contributed by atoms with Crippen LogP contribution in [0.4, 0.5) is 10.1 Å². The normalized spacial score (nSPS) is 15.6. The van der Waals surface area contributed by atoms with Gasteiger partial charge in [0.25, 0.3) is 0 Å². The number of hydrogen-bond donors (Lipinski definition) is 1. The number of aliphatic imine (C=N–C) groups is 1. The van der Waals surface area contributed by atoms with Gasteiger partial charge in [0.1, 0.15) is 12.4 Å². The van der Waals surface area contributed by atoms with Gasteiger partial charge in [0.15, 0.2) is 11.8 Å². The fraction of sp³-hybridized carbons (Fsp3) is 0.471. The number of nitrogens with one attached hydrogen (secondary N) is 1. The summed E-state index contributed by atoms with van der Waals surface area (Å²) in [6.07, 6.45) is 0. The van der Waals surface area contributed by atoms with Crippen LogP contribution >= 0.6 is 0 Å². The third-order valence-corrected chi connectivity index (χ3v) is 4.05. The van der Waals surface area contributed by atoms with Gasteiger partial charge >= 0.3 is 0 Å². The first-order valence-corrected chi connectivity index (χ1v) is 8.49. The number of para-hydroxylation sites is 1. The highest BCUT2D eigenvalue weighted by Crippen LogP contribution is 2.20. The minimum absolute atomic E-state index is 0.177. The van der Waals surface area contributed by atoms with E-state index in [1.54, 1.807) is 13.0 Å². The SMILES string of the molecule is CCNC(=NCc1noc(C)n1)N1CCN(c2ccccc2F)CC1. The first-order chi connectivity index (χ1) is 12.2. The molecule has 0 atom stereocenters. The van der Waals surface area contributed by atoms with Crippen molar-refractivity contribution in [3.05, 3.63) is 41.8 Å². The summed E-state index contributed by atoms with van der Waals surface area (Å²) >= 11 is 0. The van der Waals surface area contributed by atoms with E-state index in [-0.39, 0.29) is 5.82 Å². The van der Waals surface area contributed by atoms with Crippen LogP contribution in [0.3, 0.4) is 0 Å². The Bertz CT molecular complexity index is 723. The van der Waals surface area contributed by atoms with Crippen LogP contribution in [0, 0.1) is 12.7 Å². The minimum Gasteiger partial charge on any atom is -0.366 e. The molecule has 0 amide bonds. The van der Waals surface area contributed by atoms with Crippen molar-refractivity contribution in [2.24, 2.45) is 4.99 Å². The highest BCUT2D eigenvalue weighted by Gasteiger charge is 2.21. The summed E-state index contributed by atoms with van der Waals surface area (Å²) in [5, 5.41) is 7.16. The van der Waals surface area contributed by atoms with Crippen molar-refractivity contribution in [3.63, 3.8) is 0 Å². The molecular formula is C17H23FN6O. The third-order valence-electron chi connectivity index (χ3n) is 4.05. The van der Waals surface area contributed by atoms with Crippen molar-refractivity contribution in [3.8, 4) is 0 Å². The molecule has 0 aliphatic carbocycles. The standard InChI is InChI=1S/C17H23FN6O/c1-3-19-17(20-12-16-21-13(2)25-22-16)24-10-8-23(9-11-24)15-7-5-4-6-14(15)18/h4-7H,3,8-12H2,1-2H3,(H,19,20). The zero-order valence-electron chi connectivity index (χ0n) is 14.6. The van der Waals surface area contributed by atoms with Gasteiger partial charge in [-0.1, -0.05) is 17.3 Å². The second-order valence-electron chi connectivity index (χ2n) is 5.83. The summed E-state index contributed by atoms with van der Waals surface area (Å²) in [4.78, 5) is 13.0. The molecule has 1 saturated heterocycles. The Labute approximate surface area is 146 Å². The van der Waals surface area contributed by atoms with Crippen LogP contribution in [0.15, 0.2) is 33.8 Å². The van der Waals surface area contributed by atoms with E-state index in [1.807, 2.05) is 19.1 Å². The summed E-state index contributed by atoms with van der Waals surface area (Å²) in [6, 6.07) is 6.90. The molecular weight excluding hydrogens is 323 g/mol. The van der Waals surface area contributed by atoms with E-state index in [0.29, 0.717) is 23.9 Å². The molecule has 0 bridgehead atoms. The number of guanidine groups is 1. The largest absolute Gasteiger partial charge is 0.366 e. The predicted molar refractivity (Wildman–Crippen MR) is 94.0 cm³/mol. The van der Waals surface area contributed by atoms with E-state index in [2.05, 4.69) is 30.2 Å². The lowest BCUT2D eigenvalue weighted by molar-refractivity contribution is 0.369. The van der Waals surface area contributed by atoms with Gasteiger partial charge in [0.05, 0.1) is 5.69 Å². The number of rotatable bonds is 4. The summed E-state index contributed by atoms with van der Waals surface area (Å²) < 4.78 is 18.9. The van der Waals surface area contributed by atoms with E-state index in [9.17, 15) is 4.39 Å². The minimum atomic E-state index is -0.177. The van der Waals surface area contributed by atoms with Crippen molar-refractivity contribution in [1.82, 2.24) is 20.4 Å². The highest BCUT2D eigenvalue weighted by atomic mass is 19.1. The number of benzene rings is 1. The zero-order valence-corrected chi connectivity index (χ0v) is 14.6. The van der Waals surface area contributed by atoms with E-state index in [0.717, 1.165) is 38.7 Å². The van der Waals surface area contributed by atoms with Crippen LogP contribution in [0.5, 0.6) is 0 Å². The smallest absolute Gasteiger partial charge is 0.223 e. The molecule has 3 rings (SSSR count). The monoisotopic (exact) mass is 346 g/mol. The number of halogens is 1. The van der Waals surface area contributed by atoms with Crippen LogP contribution in [-0.2, 0) is 6.54 Å². The number of anilines is 1. The predicted octanol–water partition coefficient (Wildman–Crippen LogP) is 1.80. The topological polar surface area (TPSA) is 69.8 Å². The van der Waals surface area contributed by atoms with Gasteiger partial charge in [-0.25, -0.2) is 9.38 Å². The molecule has 8 heteroatoms. The van der Waals surface area contributed by atoms with Crippen LogP contribution in [0.1, 0.15) is 18.6 Å². The fourth-order valence-electron chi connectivity index (χ4n) is 2.84. The molecule has 0 unspecified atom stereocenters. The number of hydrogen-bond acceptors (Lipinski definition) is 5. The Morgan fingerprint density at radius 2 is 2.04 bits per heavy atom. The van der Waals surface area contributed by atoms with Crippen molar-refractivity contribution < 1.29 is 8.91 Å².